The summed E-state index contributed by atoms with van der Waals surface area (Å²) in [6.07, 6.45) is 6.87. The number of guanidine groups is 1. The quantitative estimate of drug-likeness (QED) is 0.608. The number of hydrogen-bond donors (Lipinski definition) is 1. The lowest BCUT2D eigenvalue weighted by molar-refractivity contribution is 0.0674. The Balaban J connectivity index is 1.68. The topological polar surface area (TPSA) is 54.1 Å². The summed E-state index contributed by atoms with van der Waals surface area (Å²) in [5.74, 6) is 0.681. The lowest BCUT2D eigenvalue weighted by Crippen LogP contribution is -2.45. The molecule has 19 heavy (non-hydrogen) atoms. The third kappa shape index (κ3) is 4.66. The third-order valence-corrected chi connectivity index (χ3v) is 4.26. The average Bonchev–Trinajstić information content (AvgIpc) is 2.49. The van der Waals surface area contributed by atoms with E-state index in [0.717, 1.165) is 45.4 Å². The van der Waals surface area contributed by atoms with Crippen molar-refractivity contribution in [1.82, 2.24) is 9.80 Å². The van der Waals surface area contributed by atoms with E-state index in [2.05, 4.69) is 21.8 Å². The van der Waals surface area contributed by atoms with Crippen LogP contribution in [-0.2, 0) is 4.74 Å². The molecule has 0 spiro atoms. The summed E-state index contributed by atoms with van der Waals surface area (Å²) < 4.78 is 5.31. The first-order chi connectivity index (χ1) is 9.27. The zero-order valence-corrected chi connectivity index (χ0v) is 12.2. The van der Waals surface area contributed by atoms with Crippen molar-refractivity contribution in [3.8, 4) is 0 Å². The summed E-state index contributed by atoms with van der Waals surface area (Å²) in [7, 11) is 2.22. The van der Waals surface area contributed by atoms with Crippen LogP contribution in [0.25, 0.3) is 0 Å². The summed E-state index contributed by atoms with van der Waals surface area (Å²) in [5, 5.41) is 0. The summed E-state index contributed by atoms with van der Waals surface area (Å²) in [6, 6.07) is 0.758. The lowest BCUT2D eigenvalue weighted by atomic mass is 9.94. The molecule has 0 aromatic carbocycles. The normalized spacial score (nSPS) is 23.1. The first-order valence-electron chi connectivity index (χ1n) is 7.60. The van der Waals surface area contributed by atoms with Gasteiger partial charge in [0.1, 0.15) is 0 Å². The first kappa shape index (κ1) is 14.6. The van der Waals surface area contributed by atoms with Gasteiger partial charge in [-0.1, -0.05) is 19.3 Å². The Labute approximate surface area is 116 Å². The SMILES string of the molecule is CN(CCN=C(N)N1CCOCC1)C1CCCCC1. The van der Waals surface area contributed by atoms with Gasteiger partial charge in [-0.15, -0.1) is 0 Å². The Morgan fingerprint density at radius 1 is 1.26 bits per heavy atom. The maximum Gasteiger partial charge on any atom is 0.191 e. The summed E-state index contributed by atoms with van der Waals surface area (Å²) >= 11 is 0. The summed E-state index contributed by atoms with van der Waals surface area (Å²) in [5.41, 5.74) is 6.01. The van der Waals surface area contributed by atoms with E-state index in [9.17, 15) is 0 Å². The highest BCUT2D eigenvalue weighted by Crippen LogP contribution is 2.21. The van der Waals surface area contributed by atoms with Crippen molar-refractivity contribution < 1.29 is 4.74 Å². The van der Waals surface area contributed by atoms with Gasteiger partial charge in [0.05, 0.1) is 19.8 Å². The molecule has 5 nitrogen and oxygen atoms in total. The van der Waals surface area contributed by atoms with Gasteiger partial charge in [-0.05, 0) is 19.9 Å². The van der Waals surface area contributed by atoms with Gasteiger partial charge < -0.3 is 20.3 Å². The number of morpholine rings is 1. The van der Waals surface area contributed by atoms with Gasteiger partial charge >= 0.3 is 0 Å². The van der Waals surface area contributed by atoms with E-state index in [1.54, 1.807) is 0 Å². The molecule has 5 heteroatoms. The van der Waals surface area contributed by atoms with E-state index in [-0.39, 0.29) is 0 Å². The fraction of sp³-hybridized carbons (Fsp3) is 0.929. The Kier molecular flexibility index (Phi) is 5.92. The van der Waals surface area contributed by atoms with Crippen LogP contribution in [0.3, 0.4) is 0 Å². The highest BCUT2D eigenvalue weighted by atomic mass is 16.5. The molecule has 0 atom stereocenters. The van der Waals surface area contributed by atoms with Gasteiger partial charge in [0.25, 0.3) is 0 Å². The van der Waals surface area contributed by atoms with Crippen molar-refractivity contribution in [2.75, 3.05) is 46.4 Å². The van der Waals surface area contributed by atoms with Crippen molar-refractivity contribution >= 4 is 5.96 Å². The van der Waals surface area contributed by atoms with Crippen LogP contribution in [0.4, 0.5) is 0 Å². The molecule has 110 valence electrons. The van der Waals surface area contributed by atoms with Gasteiger partial charge in [-0.2, -0.15) is 0 Å². The number of aliphatic imine (C=N–C) groups is 1. The molecule has 0 aromatic rings. The molecule has 1 aliphatic carbocycles. The molecule has 2 fully saturated rings. The predicted molar refractivity (Wildman–Crippen MR) is 78.4 cm³/mol. The molecule has 2 rings (SSSR count). The highest BCUT2D eigenvalue weighted by molar-refractivity contribution is 5.78. The monoisotopic (exact) mass is 268 g/mol. The van der Waals surface area contributed by atoms with E-state index in [1.165, 1.54) is 32.1 Å². The molecule has 0 aromatic heterocycles. The van der Waals surface area contributed by atoms with Crippen molar-refractivity contribution in [3.63, 3.8) is 0 Å². The van der Waals surface area contributed by atoms with Gasteiger partial charge in [0, 0.05) is 25.7 Å². The minimum Gasteiger partial charge on any atom is -0.378 e. The van der Waals surface area contributed by atoms with Gasteiger partial charge in [0.15, 0.2) is 5.96 Å². The van der Waals surface area contributed by atoms with E-state index in [1.807, 2.05) is 0 Å². The van der Waals surface area contributed by atoms with Crippen LogP contribution in [-0.4, -0.2) is 68.2 Å². The number of likely N-dealkylation sites (N-methyl/N-ethyl adjacent to an activating group) is 1. The average molecular weight is 268 g/mol. The van der Waals surface area contributed by atoms with Crippen molar-refractivity contribution in [2.45, 2.75) is 38.1 Å². The number of rotatable bonds is 4. The van der Waals surface area contributed by atoms with Crippen LogP contribution in [0, 0.1) is 0 Å². The van der Waals surface area contributed by atoms with Crippen LogP contribution >= 0.6 is 0 Å². The Morgan fingerprint density at radius 2 is 1.95 bits per heavy atom. The number of hydrogen-bond acceptors (Lipinski definition) is 3. The summed E-state index contributed by atoms with van der Waals surface area (Å²) in [6.45, 7) is 5.07. The smallest absolute Gasteiger partial charge is 0.191 e. The first-order valence-corrected chi connectivity index (χ1v) is 7.60. The molecule has 1 aliphatic heterocycles. The van der Waals surface area contributed by atoms with Gasteiger partial charge in [-0.25, -0.2) is 0 Å². The highest BCUT2D eigenvalue weighted by Gasteiger charge is 2.17. The molecule has 0 radical (unpaired) electrons. The molecule has 2 N–H and O–H groups in total. The maximum atomic E-state index is 6.01. The number of nitrogens with two attached hydrogens (primary N) is 1. The Morgan fingerprint density at radius 3 is 2.63 bits per heavy atom. The van der Waals surface area contributed by atoms with Gasteiger partial charge in [0.2, 0.25) is 0 Å². The molecule has 1 saturated carbocycles. The molecule has 0 amide bonds. The zero-order chi connectivity index (χ0) is 13.5. The maximum absolute atomic E-state index is 6.01. The number of ether oxygens (including phenoxy) is 1. The second-order valence-electron chi connectivity index (χ2n) is 5.61. The largest absolute Gasteiger partial charge is 0.378 e. The van der Waals surface area contributed by atoms with Crippen molar-refractivity contribution in [3.05, 3.63) is 0 Å². The molecule has 0 bridgehead atoms. The summed E-state index contributed by atoms with van der Waals surface area (Å²) in [4.78, 5) is 9.07. The Hall–Kier alpha value is -0.810. The van der Waals surface area contributed by atoms with E-state index >= 15 is 0 Å². The predicted octanol–water partition coefficient (Wildman–Crippen LogP) is 0.898. The second-order valence-corrected chi connectivity index (χ2v) is 5.61. The molecule has 1 saturated heterocycles. The van der Waals surface area contributed by atoms with E-state index in [0.29, 0.717) is 5.96 Å². The fourth-order valence-corrected chi connectivity index (χ4v) is 2.92. The molecular formula is C14H28N4O. The van der Waals surface area contributed by atoms with Crippen LogP contribution in [0.1, 0.15) is 32.1 Å². The van der Waals surface area contributed by atoms with Crippen LogP contribution < -0.4 is 5.73 Å². The van der Waals surface area contributed by atoms with E-state index < -0.39 is 0 Å². The lowest BCUT2D eigenvalue weighted by Gasteiger charge is -2.31. The molecule has 1 heterocycles. The molecule has 0 unspecified atom stereocenters. The Bertz CT molecular complexity index is 283. The van der Waals surface area contributed by atoms with Crippen molar-refractivity contribution in [1.29, 1.82) is 0 Å². The van der Waals surface area contributed by atoms with E-state index in [4.69, 9.17) is 10.5 Å². The fourth-order valence-electron chi connectivity index (χ4n) is 2.92. The van der Waals surface area contributed by atoms with Crippen LogP contribution in [0.5, 0.6) is 0 Å². The second kappa shape index (κ2) is 7.70. The van der Waals surface area contributed by atoms with Crippen LogP contribution in [0.15, 0.2) is 4.99 Å². The van der Waals surface area contributed by atoms with Crippen molar-refractivity contribution in [2.24, 2.45) is 10.7 Å². The van der Waals surface area contributed by atoms with Crippen LogP contribution in [0.2, 0.25) is 0 Å². The standard InChI is InChI=1S/C14H28N4O/c1-17(13-5-3-2-4-6-13)8-7-16-14(15)18-9-11-19-12-10-18/h13H,2-12H2,1H3,(H2,15,16). The van der Waals surface area contributed by atoms with Gasteiger partial charge in [-0.3, -0.25) is 4.99 Å². The molecular weight excluding hydrogens is 240 g/mol. The minimum atomic E-state index is 0.681. The zero-order valence-electron chi connectivity index (χ0n) is 12.2. The molecule has 2 aliphatic rings. The minimum absolute atomic E-state index is 0.681. The third-order valence-electron chi connectivity index (χ3n) is 4.26. The number of nitrogens with zero attached hydrogens (tertiary/aromatic N) is 3.